The van der Waals surface area contributed by atoms with Crippen molar-refractivity contribution in [3.05, 3.63) is 80.7 Å². The molecule has 0 radical (unpaired) electrons. The predicted octanol–water partition coefficient (Wildman–Crippen LogP) is 3.17. The first kappa shape index (κ1) is 14.5. The topological polar surface area (TPSA) is 67.5 Å². The van der Waals surface area contributed by atoms with Gasteiger partial charge in [-0.2, -0.15) is 0 Å². The number of carbonyl (C=O) groups excluding carboxylic acids is 1. The molecule has 3 aromatic rings. The summed E-state index contributed by atoms with van der Waals surface area (Å²) < 4.78 is 5.17. The fraction of sp³-hybridized carbons (Fsp3) is 0.0588. The summed E-state index contributed by atoms with van der Waals surface area (Å²) in [6.45, 7) is -0.132. The van der Waals surface area contributed by atoms with E-state index in [1.807, 2.05) is 0 Å². The van der Waals surface area contributed by atoms with E-state index in [1.165, 1.54) is 12.1 Å². The third-order valence-corrected chi connectivity index (χ3v) is 3.55. The van der Waals surface area contributed by atoms with Crippen LogP contribution in [-0.4, -0.2) is 10.9 Å². The molecule has 0 aliphatic carbocycles. The van der Waals surface area contributed by atoms with Crippen LogP contribution in [0.3, 0.4) is 0 Å². The molecule has 1 N–H and O–H groups in total. The van der Waals surface area contributed by atoms with E-state index in [-0.39, 0.29) is 12.2 Å². The minimum Gasteiger partial charge on any atom is -0.422 e. The van der Waals surface area contributed by atoms with Crippen molar-refractivity contribution < 1.29 is 14.3 Å². The molecule has 0 saturated heterocycles. The number of carbonyl (C=O) groups is 1. The van der Waals surface area contributed by atoms with Gasteiger partial charge in [-0.05, 0) is 35.9 Å². The summed E-state index contributed by atoms with van der Waals surface area (Å²) in [6, 6.07) is 12.8. The van der Waals surface area contributed by atoms with Crippen LogP contribution in [0.1, 0.15) is 21.5 Å². The lowest BCUT2D eigenvalue weighted by Crippen LogP contribution is -2.14. The van der Waals surface area contributed by atoms with E-state index in [0.29, 0.717) is 27.1 Å². The van der Waals surface area contributed by atoms with Gasteiger partial charge in [0, 0.05) is 16.0 Å². The van der Waals surface area contributed by atoms with Crippen molar-refractivity contribution in [2.75, 3.05) is 0 Å². The van der Waals surface area contributed by atoms with E-state index >= 15 is 0 Å². The van der Waals surface area contributed by atoms with Gasteiger partial charge in [-0.1, -0.05) is 29.8 Å². The minimum atomic E-state index is -0.700. The summed E-state index contributed by atoms with van der Waals surface area (Å²) >= 11 is 5.87. The van der Waals surface area contributed by atoms with Crippen LogP contribution in [0.25, 0.3) is 11.0 Å². The van der Waals surface area contributed by atoms with E-state index < -0.39 is 11.4 Å². The van der Waals surface area contributed by atoms with Crippen LogP contribution in [0.5, 0.6) is 0 Å². The molecule has 0 unspecified atom stereocenters. The molecule has 0 aliphatic rings. The third kappa shape index (κ3) is 2.66. The molecule has 0 bridgehead atoms. The highest BCUT2D eigenvalue weighted by Gasteiger charge is 2.16. The highest BCUT2D eigenvalue weighted by atomic mass is 35.5. The van der Waals surface area contributed by atoms with Crippen molar-refractivity contribution in [2.45, 2.75) is 6.61 Å². The zero-order valence-electron chi connectivity index (χ0n) is 11.4. The highest BCUT2D eigenvalue weighted by Crippen LogP contribution is 2.19. The van der Waals surface area contributed by atoms with Gasteiger partial charge in [-0.15, -0.1) is 0 Å². The van der Waals surface area contributed by atoms with E-state index in [0.717, 1.165) is 0 Å². The van der Waals surface area contributed by atoms with Gasteiger partial charge >= 0.3 is 5.63 Å². The van der Waals surface area contributed by atoms with Gasteiger partial charge in [0.2, 0.25) is 0 Å². The summed E-state index contributed by atoms with van der Waals surface area (Å²) in [5.74, 6) is -0.451. The number of aliphatic hydroxyl groups is 1. The molecule has 5 heteroatoms. The number of rotatable bonds is 3. The van der Waals surface area contributed by atoms with Crippen molar-refractivity contribution in [1.29, 1.82) is 0 Å². The standard InChI is InChI=1S/C17H11ClO4/c18-13-3-1-2-11(7-13)16(20)14-8-12-6-10(9-19)4-5-15(12)22-17(14)21/h1-8,19H,9H2. The molecule has 0 amide bonds. The smallest absolute Gasteiger partial charge is 0.347 e. The van der Waals surface area contributed by atoms with Gasteiger partial charge in [0.25, 0.3) is 0 Å². The van der Waals surface area contributed by atoms with E-state index in [2.05, 4.69) is 0 Å². The van der Waals surface area contributed by atoms with Crippen LogP contribution < -0.4 is 5.63 Å². The maximum absolute atomic E-state index is 12.4. The van der Waals surface area contributed by atoms with E-state index in [1.54, 1.807) is 36.4 Å². The van der Waals surface area contributed by atoms with Gasteiger partial charge in [0.15, 0.2) is 5.78 Å². The van der Waals surface area contributed by atoms with Gasteiger partial charge in [0.1, 0.15) is 11.1 Å². The largest absolute Gasteiger partial charge is 0.422 e. The summed E-state index contributed by atoms with van der Waals surface area (Å²) in [5.41, 5.74) is 0.587. The number of hydrogen-bond acceptors (Lipinski definition) is 4. The van der Waals surface area contributed by atoms with Crippen molar-refractivity contribution in [3.63, 3.8) is 0 Å². The second-order valence-electron chi connectivity index (χ2n) is 4.82. The lowest BCUT2D eigenvalue weighted by molar-refractivity contribution is 0.103. The molecule has 3 rings (SSSR count). The predicted molar refractivity (Wildman–Crippen MR) is 83.3 cm³/mol. The number of benzene rings is 2. The van der Waals surface area contributed by atoms with Crippen molar-refractivity contribution in [3.8, 4) is 0 Å². The second kappa shape index (κ2) is 5.75. The summed E-state index contributed by atoms with van der Waals surface area (Å²) in [4.78, 5) is 24.5. The second-order valence-corrected chi connectivity index (χ2v) is 5.25. The van der Waals surface area contributed by atoms with Crippen LogP contribution >= 0.6 is 11.6 Å². The summed E-state index contributed by atoms with van der Waals surface area (Å²) in [5, 5.41) is 10.2. The fourth-order valence-electron chi connectivity index (χ4n) is 2.21. The van der Waals surface area contributed by atoms with E-state index in [9.17, 15) is 9.59 Å². The van der Waals surface area contributed by atoms with Crippen LogP contribution in [0.4, 0.5) is 0 Å². The summed E-state index contributed by atoms with van der Waals surface area (Å²) in [7, 11) is 0. The average molecular weight is 315 g/mol. The van der Waals surface area contributed by atoms with Crippen LogP contribution in [-0.2, 0) is 6.61 Å². The van der Waals surface area contributed by atoms with Crippen LogP contribution in [0.15, 0.2) is 57.7 Å². The quantitative estimate of drug-likeness (QED) is 0.595. The number of aliphatic hydroxyl groups excluding tert-OH is 1. The molecule has 22 heavy (non-hydrogen) atoms. The maximum Gasteiger partial charge on any atom is 0.347 e. The van der Waals surface area contributed by atoms with E-state index in [4.69, 9.17) is 21.1 Å². The Morgan fingerprint density at radius 2 is 1.95 bits per heavy atom. The summed E-state index contributed by atoms with van der Waals surface area (Å²) in [6.07, 6.45) is 0. The molecule has 110 valence electrons. The zero-order chi connectivity index (χ0) is 15.7. The monoisotopic (exact) mass is 314 g/mol. The molecular formula is C17H11ClO4. The number of hydrogen-bond donors (Lipinski definition) is 1. The third-order valence-electron chi connectivity index (χ3n) is 3.31. The molecule has 0 fully saturated rings. The lowest BCUT2D eigenvalue weighted by Gasteiger charge is -2.04. The molecular weight excluding hydrogens is 304 g/mol. The first-order valence-electron chi connectivity index (χ1n) is 6.56. The Balaban J connectivity index is 2.15. The lowest BCUT2D eigenvalue weighted by atomic mass is 10.0. The SMILES string of the molecule is O=C(c1cccc(Cl)c1)c1cc2cc(CO)ccc2oc1=O. The van der Waals surface area contributed by atoms with Crippen LogP contribution in [0.2, 0.25) is 5.02 Å². The van der Waals surface area contributed by atoms with Gasteiger partial charge in [-0.25, -0.2) is 4.79 Å². The van der Waals surface area contributed by atoms with Gasteiger partial charge < -0.3 is 9.52 Å². The van der Waals surface area contributed by atoms with Crippen molar-refractivity contribution >= 4 is 28.4 Å². The average Bonchev–Trinajstić information content (AvgIpc) is 2.53. The first-order chi connectivity index (χ1) is 10.6. The number of fused-ring (bicyclic) bond motifs is 1. The molecule has 0 spiro atoms. The Labute approximate surface area is 130 Å². The van der Waals surface area contributed by atoms with Gasteiger partial charge in [0.05, 0.1) is 6.61 Å². The molecule has 0 saturated carbocycles. The van der Waals surface area contributed by atoms with Crippen LogP contribution in [0, 0.1) is 0 Å². The Morgan fingerprint density at radius 3 is 2.68 bits per heavy atom. The maximum atomic E-state index is 12.4. The Morgan fingerprint density at radius 1 is 1.14 bits per heavy atom. The first-order valence-corrected chi connectivity index (χ1v) is 6.94. The number of ketones is 1. The molecule has 1 aromatic heterocycles. The minimum absolute atomic E-state index is 0.0649. The van der Waals surface area contributed by atoms with Crippen molar-refractivity contribution in [2.24, 2.45) is 0 Å². The Bertz CT molecular complexity index is 927. The number of halogens is 1. The Kier molecular flexibility index (Phi) is 3.79. The molecule has 1 heterocycles. The Hall–Kier alpha value is -2.43. The molecule has 2 aromatic carbocycles. The fourth-order valence-corrected chi connectivity index (χ4v) is 2.41. The van der Waals surface area contributed by atoms with Crippen molar-refractivity contribution in [1.82, 2.24) is 0 Å². The highest BCUT2D eigenvalue weighted by molar-refractivity contribution is 6.31. The molecule has 4 nitrogen and oxygen atoms in total. The van der Waals surface area contributed by atoms with Gasteiger partial charge in [-0.3, -0.25) is 4.79 Å². The normalized spacial score (nSPS) is 10.8. The zero-order valence-corrected chi connectivity index (χ0v) is 12.1. The molecule has 0 aliphatic heterocycles. The molecule has 0 atom stereocenters.